The summed E-state index contributed by atoms with van der Waals surface area (Å²) in [5.41, 5.74) is 9.90. The fourth-order valence-electron chi connectivity index (χ4n) is 2.11. The molecule has 2 N–H and O–H groups in total. The molecule has 0 amide bonds. The van der Waals surface area contributed by atoms with Crippen LogP contribution >= 0.6 is 0 Å². The summed E-state index contributed by atoms with van der Waals surface area (Å²) in [6.45, 7) is 4.83. The maximum absolute atomic E-state index is 5.70. The second-order valence-electron chi connectivity index (χ2n) is 4.96. The second-order valence-corrected chi connectivity index (χ2v) is 4.96. The summed E-state index contributed by atoms with van der Waals surface area (Å²) in [4.78, 5) is 0. The standard InChI is InChI=1S/C15H21N3O/c1-10(2)11-5-6-15(19-4)13(7-11)14-8-12(9-16)18(3)17-14/h5-8,10H,9,16H2,1-4H3. The van der Waals surface area contributed by atoms with Crippen molar-refractivity contribution in [3.05, 3.63) is 35.5 Å². The summed E-state index contributed by atoms with van der Waals surface area (Å²) in [6, 6.07) is 8.26. The van der Waals surface area contributed by atoms with Crippen LogP contribution in [0.3, 0.4) is 0 Å². The van der Waals surface area contributed by atoms with Gasteiger partial charge in [0.1, 0.15) is 5.75 Å². The Balaban J connectivity index is 2.54. The van der Waals surface area contributed by atoms with Gasteiger partial charge in [0, 0.05) is 19.2 Å². The van der Waals surface area contributed by atoms with E-state index in [-0.39, 0.29) is 0 Å². The predicted octanol–water partition coefficient (Wildman–Crippen LogP) is 2.68. The Labute approximate surface area is 114 Å². The molecule has 0 bridgehead atoms. The summed E-state index contributed by atoms with van der Waals surface area (Å²) in [7, 11) is 3.59. The summed E-state index contributed by atoms with van der Waals surface area (Å²) in [5.74, 6) is 1.31. The van der Waals surface area contributed by atoms with E-state index in [1.807, 2.05) is 23.9 Å². The molecule has 19 heavy (non-hydrogen) atoms. The van der Waals surface area contributed by atoms with E-state index in [4.69, 9.17) is 10.5 Å². The fourth-order valence-corrected chi connectivity index (χ4v) is 2.11. The molecular weight excluding hydrogens is 238 g/mol. The third-order valence-corrected chi connectivity index (χ3v) is 3.35. The van der Waals surface area contributed by atoms with Gasteiger partial charge < -0.3 is 10.5 Å². The molecular formula is C15H21N3O. The molecule has 0 aliphatic heterocycles. The number of rotatable bonds is 4. The van der Waals surface area contributed by atoms with Crippen LogP contribution in [0.1, 0.15) is 31.0 Å². The summed E-state index contributed by atoms with van der Waals surface area (Å²) in [5, 5.41) is 4.52. The van der Waals surface area contributed by atoms with E-state index in [0.717, 1.165) is 22.7 Å². The molecule has 2 aromatic rings. The van der Waals surface area contributed by atoms with Gasteiger partial charge >= 0.3 is 0 Å². The van der Waals surface area contributed by atoms with Crippen LogP contribution in [0, 0.1) is 0 Å². The molecule has 0 fully saturated rings. The van der Waals surface area contributed by atoms with Crippen LogP contribution in [-0.4, -0.2) is 16.9 Å². The van der Waals surface area contributed by atoms with Gasteiger partial charge in [0.25, 0.3) is 0 Å². The highest BCUT2D eigenvalue weighted by Gasteiger charge is 2.13. The van der Waals surface area contributed by atoms with Gasteiger partial charge in [-0.15, -0.1) is 0 Å². The first-order valence-corrected chi connectivity index (χ1v) is 6.48. The third-order valence-electron chi connectivity index (χ3n) is 3.35. The van der Waals surface area contributed by atoms with E-state index in [1.165, 1.54) is 5.56 Å². The van der Waals surface area contributed by atoms with Crippen molar-refractivity contribution in [3.8, 4) is 17.0 Å². The van der Waals surface area contributed by atoms with Crippen LogP contribution in [0.4, 0.5) is 0 Å². The highest BCUT2D eigenvalue weighted by Crippen LogP contribution is 2.32. The molecule has 4 heteroatoms. The van der Waals surface area contributed by atoms with Crippen molar-refractivity contribution < 1.29 is 4.74 Å². The van der Waals surface area contributed by atoms with Gasteiger partial charge in [0.05, 0.1) is 18.5 Å². The average Bonchev–Trinajstić information content (AvgIpc) is 2.79. The Bertz CT molecular complexity index is 573. The molecule has 0 radical (unpaired) electrons. The molecule has 2 rings (SSSR count). The lowest BCUT2D eigenvalue weighted by atomic mass is 9.99. The number of nitrogens with two attached hydrogens (primary N) is 1. The fraction of sp³-hybridized carbons (Fsp3) is 0.400. The zero-order valence-corrected chi connectivity index (χ0v) is 12.0. The van der Waals surface area contributed by atoms with Crippen LogP contribution in [-0.2, 0) is 13.6 Å². The van der Waals surface area contributed by atoms with Crippen LogP contribution < -0.4 is 10.5 Å². The van der Waals surface area contributed by atoms with Gasteiger partial charge in [0.2, 0.25) is 0 Å². The Morgan fingerprint density at radius 1 is 1.32 bits per heavy atom. The summed E-state index contributed by atoms with van der Waals surface area (Å²) < 4.78 is 7.25. The maximum atomic E-state index is 5.70. The number of aryl methyl sites for hydroxylation is 1. The van der Waals surface area contributed by atoms with Gasteiger partial charge in [-0.3, -0.25) is 4.68 Å². The van der Waals surface area contributed by atoms with Crippen molar-refractivity contribution in [3.63, 3.8) is 0 Å². The number of nitrogens with zero attached hydrogens (tertiary/aromatic N) is 2. The Morgan fingerprint density at radius 3 is 2.58 bits per heavy atom. The largest absolute Gasteiger partial charge is 0.496 e. The monoisotopic (exact) mass is 259 g/mol. The molecule has 0 aliphatic carbocycles. The first-order chi connectivity index (χ1) is 9.06. The zero-order chi connectivity index (χ0) is 14.0. The van der Waals surface area contributed by atoms with Gasteiger partial charge in [-0.1, -0.05) is 19.9 Å². The number of hydrogen-bond donors (Lipinski definition) is 1. The van der Waals surface area contributed by atoms with Crippen molar-refractivity contribution >= 4 is 0 Å². The van der Waals surface area contributed by atoms with E-state index in [0.29, 0.717) is 12.5 Å². The predicted molar refractivity (Wildman–Crippen MR) is 77.2 cm³/mol. The molecule has 1 aromatic heterocycles. The average molecular weight is 259 g/mol. The van der Waals surface area contributed by atoms with Gasteiger partial charge in [-0.05, 0) is 29.7 Å². The number of aromatic nitrogens is 2. The van der Waals surface area contributed by atoms with Gasteiger partial charge in [-0.25, -0.2) is 0 Å². The third kappa shape index (κ3) is 2.63. The zero-order valence-electron chi connectivity index (χ0n) is 12.0. The van der Waals surface area contributed by atoms with Crippen LogP contribution in [0.25, 0.3) is 11.3 Å². The Kier molecular flexibility index (Phi) is 3.90. The van der Waals surface area contributed by atoms with Crippen molar-refractivity contribution in [2.24, 2.45) is 12.8 Å². The first kappa shape index (κ1) is 13.6. The lowest BCUT2D eigenvalue weighted by molar-refractivity contribution is 0.416. The van der Waals surface area contributed by atoms with Crippen LogP contribution in [0.5, 0.6) is 5.75 Å². The summed E-state index contributed by atoms with van der Waals surface area (Å²) >= 11 is 0. The van der Waals surface area contributed by atoms with Crippen molar-refractivity contribution in [1.82, 2.24) is 9.78 Å². The number of ether oxygens (including phenoxy) is 1. The number of methoxy groups -OCH3 is 1. The molecule has 0 spiro atoms. The normalized spacial score (nSPS) is 11.1. The molecule has 0 atom stereocenters. The lowest BCUT2D eigenvalue weighted by Gasteiger charge is -2.11. The minimum Gasteiger partial charge on any atom is -0.496 e. The molecule has 102 valence electrons. The number of benzene rings is 1. The highest BCUT2D eigenvalue weighted by molar-refractivity contribution is 5.68. The first-order valence-electron chi connectivity index (χ1n) is 6.48. The van der Waals surface area contributed by atoms with Gasteiger partial charge in [0.15, 0.2) is 0 Å². The minimum absolute atomic E-state index is 0.474. The maximum Gasteiger partial charge on any atom is 0.128 e. The van der Waals surface area contributed by atoms with Crippen molar-refractivity contribution in [2.75, 3.05) is 7.11 Å². The van der Waals surface area contributed by atoms with E-state index in [1.54, 1.807) is 7.11 Å². The Morgan fingerprint density at radius 2 is 2.05 bits per heavy atom. The molecule has 0 saturated carbocycles. The topological polar surface area (TPSA) is 53.1 Å². The molecule has 1 aromatic carbocycles. The van der Waals surface area contributed by atoms with E-state index in [9.17, 15) is 0 Å². The summed E-state index contributed by atoms with van der Waals surface area (Å²) in [6.07, 6.45) is 0. The lowest BCUT2D eigenvalue weighted by Crippen LogP contribution is -2.03. The molecule has 1 heterocycles. The molecule has 4 nitrogen and oxygen atoms in total. The van der Waals surface area contributed by atoms with E-state index >= 15 is 0 Å². The van der Waals surface area contributed by atoms with E-state index in [2.05, 4.69) is 31.1 Å². The SMILES string of the molecule is COc1ccc(C(C)C)cc1-c1cc(CN)n(C)n1. The smallest absolute Gasteiger partial charge is 0.128 e. The minimum atomic E-state index is 0.474. The molecule has 0 saturated heterocycles. The number of hydrogen-bond acceptors (Lipinski definition) is 3. The molecule has 0 unspecified atom stereocenters. The quantitative estimate of drug-likeness (QED) is 0.918. The molecule has 0 aliphatic rings. The van der Waals surface area contributed by atoms with Gasteiger partial charge in [-0.2, -0.15) is 5.10 Å². The van der Waals surface area contributed by atoms with Crippen molar-refractivity contribution in [1.29, 1.82) is 0 Å². The highest BCUT2D eigenvalue weighted by atomic mass is 16.5. The van der Waals surface area contributed by atoms with Crippen LogP contribution in [0.15, 0.2) is 24.3 Å². The Hall–Kier alpha value is -1.81. The van der Waals surface area contributed by atoms with Crippen molar-refractivity contribution in [2.45, 2.75) is 26.3 Å². The van der Waals surface area contributed by atoms with Crippen LogP contribution in [0.2, 0.25) is 0 Å². The second kappa shape index (κ2) is 5.45. The van der Waals surface area contributed by atoms with E-state index < -0.39 is 0 Å².